The number of hydrogen-bond acceptors (Lipinski definition) is 4. The molecular weight excluding hydrogens is 318 g/mol. The Hall–Kier alpha value is -2.89. The van der Waals surface area contributed by atoms with Crippen LogP contribution in [-0.2, 0) is 6.54 Å². The van der Waals surface area contributed by atoms with Gasteiger partial charge in [-0.3, -0.25) is 14.9 Å². The van der Waals surface area contributed by atoms with Crippen LogP contribution in [0.1, 0.15) is 35.3 Å². The maximum atomic E-state index is 12.2. The standard InChI is InChI=1S/C19H23N3O3/c1-4-21(5-2)17-10-7-15(8-11-17)13-20-19(23)16-9-6-14(3)18(12-16)22(24)25/h6-12H,4-5,13H2,1-3H3,(H,20,23). The summed E-state index contributed by atoms with van der Waals surface area (Å²) in [6, 6.07) is 12.5. The van der Waals surface area contributed by atoms with Crippen LogP contribution in [-0.4, -0.2) is 23.9 Å². The number of hydrogen-bond donors (Lipinski definition) is 1. The second-order valence-corrected chi connectivity index (χ2v) is 5.78. The third-order valence-corrected chi connectivity index (χ3v) is 4.19. The number of nitro benzene ring substituents is 1. The molecule has 0 heterocycles. The Labute approximate surface area is 147 Å². The number of anilines is 1. The molecule has 0 aliphatic heterocycles. The van der Waals surface area contributed by atoms with Gasteiger partial charge in [-0.15, -0.1) is 0 Å². The highest BCUT2D eigenvalue weighted by atomic mass is 16.6. The van der Waals surface area contributed by atoms with E-state index in [0.29, 0.717) is 12.1 Å². The molecular formula is C19H23N3O3. The van der Waals surface area contributed by atoms with E-state index in [-0.39, 0.29) is 17.2 Å². The monoisotopic (exact) mass is 341 g/mol. The number of aryl methyl sites for hydroxylation is 1. The van der Waals surface area contributed by atoms with Crippen LogP contribution in [0.2, 0.25) is 0 Å². The third kappa shape index (κ3) is 4.56. The minimum absolute atomic E-state index is 0.0452. The Balaban J connectivity index is 2.02. The van der Waals surface area contributed by atoms with Crippen molar-refractivity contribution in [1.29, 1.82) is 0 Å². The first-order chi connectivity index (χ1) is 12.0. The molecule has 25 heavy (non-hydrogen) atoms. The van der Waals surface area contributed by atoms with Crippen LogP contribution >= 0.6 is 0 Å². The molecule has 0 unspecified atom stereocenters. The molecule has 0 fully saturated rings. The molecule has 2 aromatic carbocycles. The second kappa shape index (κ2) is 8.28. The smallest absolute Gasteiger partial charge is 0.273 e. The number of nitrogens with zero attached hydrogens (tertiary/aromatic N) is 2. The van der Waals surface area contributed by atoms with Gasteiger partial charge in [0, 0.05) is 42.5 Å². The molecule has 0 aromatic heterocycles. The summed E-state index contributed by atoms with van der Waals surface area (Å²) in [5, 5.41) is 13.8. The minimum Gasteiger partial charge on any atom is -0.372 e. The summed E-state index contributed by atoms with van der Waals surface area (Å²) in [5.74, 6) is -0.323. The predicted octanol–water partition coefficient (Wildman–Crippen LogP) is 3.68. The molecule has 132 valence electrons. The number of carbonyl (C=O) groups is 1. The summed E-state index contributed by atoms with van der Waals surface area (Å²) >= 11 is 0. The van der Waals surface area contributed by atoms with E-state index in [4.69, 9.17) is 0 Å². The number of nitrogens with one attached hydrogen (secondary N) is 1. The Kier molecular flexibility index (Phi) is 6.11. The van der Waals surface area contributed by atoms with Gasteiger partial charge in [0.15, 0.2) is 0 Å². The van der Waals surface area contributed by atoms with Gasteiger partial charge in [-0.2, -0.15) is 0 Å². The van der Waals surface area contributed by atoms with Gasteiger partial charge >= 0.3 is 0 Å². The Morgan fingerprint density at radius 2 is 1.76 bits per heavy atom. The molecule has 6 nitrogen and oxygen atoms in total. The maximum Gasteiger partial charge on any atom is 0.273 e. The predicted molar refractivity (Wildman–Crippen MR) is 99.0 cm³/mol. The molecule has 0 atom stereocenters. The van der Waals surface area contributed by atoms with Crippen LogP contribution in [0.4, 0.5) is 11.4 Å². The van der Waals surface area contributed by atoms with Gasteiger partial charge in [0.25, 0.3) is 11.6 Å². The normalized spacial score (nSPS) is 10.4. The van der Waals surface area contributed by atoms with Crippen molar-refractivity contribution in [3.63, 3.8) is 0 Å². The van der Waals surface area contributed by atoms with Crippen molar-refractivity contribution in [2.75, 3.05) is 18.0 Å². The van der Waals surface area contributed by atoms with Crippen molar-refractivity contribution in [2.45, 2.75) is 27.3 Å². The topological polar surface area (TPSA) is 75.5 Å². The lowest BCUT2D eigenvalue weighted by Gasteiger charge is -2.21. The Morgan fingerprint density at radius 1 is 1.12 bits per heavy atom. The molecule has 0 bridgehead atoms. The summed E-state index contributed by atoms with van der Waals surface area (Å²) in [7, 11) is 0. The summed E-state index contributed by atoms with van der Waals surface area (Å²) in [6.07, 6.45) is 0. The van der Waals surface area contributed by atoms with Crippen LogP contribution < -0.4 is 10.2 Å². The lowest BCUT2D eigenvalue weighted by atomic mass is 10.1. The number of nitro groups is 1. The Morgan fingerprint density at radius 3 is 2.32 bits per heavy atom. The van der Waals surface area contributed by atoms with Crippen LogP contribution in [0, 0.1) is 17.0 Å². The molecule has 6 heteroatoms. The minimum atomic E-state index is -0.474. The number of rotatable bonds is 7. The summed E-state index contributed by atoms with van der Waals surface area (Å²) in [6.45, 7) is 8.13. The van der Waals surface area contributed by atoms with E-state index in [1.54, 1.807) is 19.1 Å². The quantitative estimate of drug-likeness (QED) is 0.616. The first-order valence-electron chi connectivity index (χ1n) is 8.33. The van der Waals surface area contributed by atoms with E-state index < -0.39 is 4.92 Å². The zero-order chi connectivity index (χ0) is 18.4. The van der Waals surface area contributed by atoms with Gasteiger partial charge in [0.2, 0.25) is 0 Å². The molecule has 1 amide bonds. The van der Waals surface area contributed by atoms with Crippen LogP contribution in [0.5, 0.6) is 0 Å². The van der Waals surface area contributed by atoms with E-state index in [0.717, 1.165) is 24.3 Å². The first-order valence-corrected chi connectivity index (χ1v) is 8.33. The average Bonchev–Trinajstić information content (AvgIpc) is 2.62. The average molecular weight is 341 g/mol. The van der Waals surface area contributed by atoms with Crippen molar-refractivity contribution in [1.82, 2.24) is 5.32 Å². The highest BCUT2D eigenvalue weighted by Gasteiger charge is 2.14. The van der Waals surface area contributed by atoms with E-state index in [1.807, 2.05) is 24.3 Å². The van der Waals surface area contributed by atoms with E-state index in [1.165, 1.54) is 6.07 Å². The lowest BCUT2D eigenvalue weighted by molar-refractivity contribution is -0.385. The van der Waals surface area contributed by atoms with Crippen LogP contribution in [0.15, 0.2) is 42.5 Å². The summed E-state index contributed by atoms with van der Waals surface area (Å²) < 4.78 is 0. The molecule has 0 radical (unpaired) electrons. The molecule has 0 spiro atoms. The van der Waals surface area contributed by atoms with Gasteiger partial charge in [-0.25, -0.2) is 0 Å². The summed E-state index contributed by atoms with van der Waals surface area (Å²) in [5.41, 5.74) is 2.90. The van der Waals surface area contributed by atoms with E-state index in [2.05, 4.69) is 24.1 Å². The number of amides is 1. The van der Waals surface area contributed by atoms with Gasteiger partial charge in [-0.1, -0.05) is 18.2 Å². The van der Waals surface area contributed by atoms with Crippen molar-refractivity contribution in [3.8, 4) is 0 Å². The van der Waals surface area contributed by atoms with Gasteiger partial charge < -0.3 is 10.2 Å². The molecule has 0 saturated heterocycles. The lowest BCUT2D eigenvalue weighted by Crippen LogP contribution is -2.23. The van der Waals surface area contributed by atoms with Crippen LogP contribution in [0.25, 0.3) is 0 Å². The molecule has 0 saturated carbocycles. The van der Waals surface area contributed by atoms with Crippen molar-refractivity contribution in [2.24, 2.45) is 0 Å². The fraction of sp³-hybridized carbons (Fsp3) is 0.316. The van der Waals surface area contributed by atoms with Crippen molar-refractivity contribution in [3.05, 3.63) is 69.3 Å². The van der Waals surface area contributed by atoms with Gasteiger partial charge in [0.1, 0.15) is 0 Å². The fourth-order valence-corrected chi connectivity index (χ4v) is 2.65. The van der Waals surface area contributed by atoms with Gasteiger partial charge in [-0.05, 0) is 44.5 Å². The van der Waals surface area contributed by atoms with Crippen LogP contribution in [0.3, 0.4) is 0 Å². The molecule has 2 aromatic rings. The molecule has 0 aliphatic rings. The number of benzene rings is 2. The SMILES string of the molecule is CCN(CC)c1ccc(CNC(=O)c2ccc(C)c([N+](=O)[O-])c2)cc1. The largest absolute Gasteiger partial charge is 0.372 e. The van der Waals surface area contributed by atoms with Gasteiger partial charge in [0.05, 0.1) is 4.92 Å². The highest BCUT2D eigenvalue weighted by Crippen LogP contribution is 2.19. The first kappa shape index (κ1) is 18.4. The van der Waals surface area contributed by atoms with Crippen molar-refractivity contribution >= 4 is 17.3 Å². The highest BCUT2D eigenvalue weighted by molar-refractivity contribution is 5.94. The number of carbonyl (C=O) groups excluding carboxylic acids is 1. The van der Waals surface area contributed by atoms with E-state index in [9.17, 15) is 14.9 Å². The fourth-order valence-electron chi connectivity index (χ4n) is 2.65. The molecule has 0 aliphatic carbocycles. The molecule has 1 N–H and O–H groups in total. The second-order valence-electron chi connectivity index (χ2n) is 5.78. The Bertz CT molecular complexity index is 753. The van der Waals surface area contributed by atoms with E-state index >= 15 is 0 Å². The zero-order valence-electron chi connectivity index (χ0n) is 14.8. The van der Waals surface area contributed by atoms with Crippen molar-refractivity contribution < 1.29 is 9.72 Å². The summed E-state index contributed by atoms with van der Waals surface area (Å²) in [4.78, 5) is 25.0. The maximum absolute atomic E-state index is 12.2. The zero-order valence-corrected chi connectivity index (χ0v) is 14.8. The third-order valence-electron chi connectivity index (χ3n) is 4.19. The molecule has 2 rings (SSSR count).